The third-order valence-electron chi connectivity index (χ3n) is 1.85. The molecule has 0 saturated heterocycles. The van der Waals surface area contributed by atoms with Crippen LogP contribution in [-0.4, -0.2) is 14.4 Å². The van der Waals surface area contributed by atoms with Crippen LogP contribution in [0.4, 0.5) is 0 Å². The van der Waals surface area contributed by atoms with Crippen molar-refractivity contribution in [2.24, 2.45) is 0 Å². The van der Waals surface area contributed by atoms with E-state index in [0.717, 1.165) is 6.04 Å². The van der Waals surface area contributed by atoms with Crippen LogP contribution in [0, 0.1) is 0 Å². The first-order chi connectivity index (χ1) is 6.20. The largest absolute Gasteiger partial charge is 0.106 e. The highest BCUT2D eigenvalue weighted by Crippen LogP contribution is 2.15. The number of rotatable bonds is 4. The lowest BCUT2D eigenvalue weighted by Crippen LogP contribution is -1.98. The molecule has 0 aliphatic rings. The summed E-state index contributed by atoms with van der Waals surface area (Å²) in [5.74, 6) is 0. The van der Waals surface area contributed by atoms with Crippen molar-refractivity contribution < 1.29 is 0 Å². The van der Waals surface area contributed by atoms with Crippen molar-refractivity contribution in [2.75, 3.05) is 0 Å². The molecule has 0 aromatic heterocycles. The van der Waals surface area contributed by atoms with E-state index in [9.17, 15) is 0 Å². The second-order valence-corrected chi connectivity index (χ2v) is 6.11. The molecular formula is C10H12Cl2Si. The molecule has 0 bridgehead atoms. The Bertz CT molecular complexity index is 270. The van der Waals surface area contributed by atoms with Gasteiger partial charge in [0, 0.05) is 0 Å². The van der Waals surface area contributed by atoms with Gasteiger partial charge in [-0.2, -0.15) is 0 Å². The van der Waals surface area contributed by atoms with Crippen molar-refractivity contribution in [1.29, 1.82) is 0 Å². The molecule has 0 aliphatic heterocycles. The molecule has 0 aliphatic carbocycles. The number of alkyl halides is 2. The topological polar surface area (TPSA) is 0 Å². The van der Waals surface area contributed by atoms with Crippen molar-refractivity contribution in [3.8, 4) is 0 Å². The predicted octanol–water partition coefficient (Wildman–Crippen LogP) is 3.05. The SMILES string of the molecule is C=C([SiH2]CC(Cl)Cl)c1ccccc1. The molecule has 0 saturated carbocycles. The zero-order valence-electron chi connectivity index (χ0n) is 7.34. The minimum Gasteiger partial charge on any atom is -0.106 e. The van der Waals surface area contributed by atoms with Gasteiger partial charge in [-0.15, -0.1) is 23.2 Å². The van der Waals surface area contributed by atoms with Gasteiger partial charge >= 0.3 is 0 Å². The summed E-state index contributed by atoms with van der Waals surface area (Å²) in [5.41, 5.74) is 1.23. The van der Waals surface area contributed by atoms with Gasteiger partial charge in [-0.3, -0.25) is 0 Å². The molecule has 3 heteroatoms. The lowest BCUT2D eigenvalue weighted by molar-refractivity contribution is 1.36. The van der Waals surface area contributed by atoms with Crippen LogP contribution in [0.15, 0.2) is 36.9 Å². The molecule has 1 aromatic carbocycles. The van der Waals surface area contributed by atoms with Crippen molar-refractivity contribution in [3.05, 3.63) is 42.5 Å². The fourth-order valence-electron chi connectivity index (χ4n) is 1.10. The molecule has 0 unspecified atom stereocenters. The van der Waals surface area contributed by atoms with Crippen LogP contribution in [0.1, 0.15) is 5.56 Å². The Morgan fingerprint density at radius 3 is 2.46 bits per heavy atom. The van der Waals surface area contributed by atoms with Gasteiger partial charge in [0.15, 0.2) is 0 Å². The zero-order valence-corrected chi connectivity index (χ0v) is 10.3. The van der Waals surface area contributed by atoms with Crippen LogP contribution in [0.25, 0.3) is 5.20 Å². The van der Waals surface area contributed by atoms with Crippen LogP contribution in [0.3, 0.4) is 0 Å². The summed E-state index contributed by atoms with van der Waals surface area (Å²) < 4.78 is 0. The lowest BCUT2D eigenvalue weighted by atomic mass is 10.2. The van der Waals surface area contributed by atoms with Gasteiger partial charge in [0.05, 0.1) is 9.52 Å². The predicted molar refractivity (Wildman–Crippen MR) is 64.3 cm³/mol. The Morgan fingerprint density at radius 2 is 1.92 bits per heavy atom. The van der Waals surface area contributed by atoms with Crippen molar-refractivity contribution in [3.63, 3.8) is 0 Å². The highest BCUT2D eigenvalue weighted by molar-refractivity contribution is 6.63. The number of halogens is 2. The molecule has 0 radical (unpaired) electrons. The molecule has 13 heavy (non-hydrogen) atoms. The van der Waals surface area contributed by atoms with Gasteiger partial charge in [-0.05, 0) is 11.6 Å². The Morgan fingerprint density at radius 1 is 1.31 bits per heavy atom. The van der Waals surface area contributed by atoms with E-state index in [1.807, 2.05) is 18.2 Å². The Kier molecular flexibility index (Phi) is 4.57. The Balaban J connectivity index is 2.50. The molecule has 1 rings (SSSR count). The van der Waals surface area contributed by atoms with Gasteiger partial charge < -0.3 is 0 Å². The molecule has 1 aromatic rings. The quantitative estimate of drug-likeness (QED) is 0.552. The summed E-state index contributed by atoms with van der Waals surface area (Å²) in [6.07, 6.45) is 0. The molecule has 0 amide bonds. The standard InChI is InChI=1S/C10H12Cl2Si/c1-8(13-7-10(11)12)9-5-3-2-4-6-9/h2-6,10H,1,7,13H2. The second kappa shape index (κ2) is 5.48. The minimum atomic E-state index is -0.368. The first-order valence-electron chi connectivity index (χ1n) is 4.21. The smallest absolute Gasteiger partial charge is 0.105 e. The van der Waals surface area contributed by atoms with Gasteiger partial charge in [0.25, 0.3) is 0 Å². The number of benzene rings is 1. The maximum atomic E-state index is 5.67. The molecule has 0 fully saturated rings. The summed E-state index contributed by atoms with van der Waals surface area (Å²) in [7, 11) is -0.368. The fraction of sp³-hybridized carbons (Fsp3) is 0.200. The van der Waals surface area contributed by atoms with E-state index in [1.165, 1.54) is 10.8 Å². The molecule has 0 heterocycles. The van der Waals surface area contributed by atoms with Crippen molar-refractivity contribution >= 4 is 37.9 Å². The van der Waals surface area contributed by atoms with E-state index in [1.54, 1.807) is 0 Å². The van der Waals surface area contributed by atoms with E-state index in [2.05, 4.69) is 18.7 Å². The van der Waals surface area contributed by atoms with E-state index < -0.39 is 0 Å². The van der Waals surface area contributed by atoms with E-state index in [4.69, 9.17) is 23.2 Å². The van der Waals surface area contributed by atoms with Gasteiger partial charge in [0.2, 0.25) is 0 Å². The average Bonchev–Trinajstić information content (AvgIpc) is 2.15. The first-order valence-corrected chi connectivity index (χ1v) is 6.79. The highest BCUT2D eigenvalue weighted by Gasteiger charge is 2.02. The summed E-state index contributed by atoms with van der Waals surface area (Å²) in [4.78, 5) is -0.230. The molecule has 0 nitrogen and oxygen atoms in total. The van der Waals surface area contributed by atoms with E-state index in [-0.39, 0.29) is 14.4 Å². The number of hydrogen-bond acceptors (Lipinski definition) is 0. The average molecular weight is 231 g/mol. The van der Waals surface area contributed by atoms with Crippen LogP contribution in [0.2, 0.25) is 6.04 Å². The van der Waals surface area contributed by atoms with Crippen molar-refractivity contribution in [1.82, 2.24) is 0 Å². The molecule has 70 valence electrons. The Hall–Kier alpha value is -0.243. The van der Waals surface area contributed by atoms with Gasteiger partial charge in [-0.1, -0.05) is 42.1 Å². The highest BCUT2D eigenvalue weighted by atomic mass is 35.5. The third-order valence-corrected chi connectivity index (χ3v) is 4.89. The fourth-order valence-corrected chi connectivity index (χ4v) is 2.85. The third kappa shape index (κ3) is 3.99. The van der Waals surface area contributed by atoms with E-state index >= 15 is 0 Å². The molecular weight excluding hydrogens is 219 g/mol. The van der Waals surface area contributed by atoms with Gasteiger partial charge in [0.1, 0.15) is 4.84 Å². The maximum absolute atomic E-state index is 5.67. The van der Waals surface area contributed by atoms with Crippen molar-refractivity contribution in [2.45, 2.75) is 10.9 Å². The molecule has 0 atom stereocenters. The zero-order chi connectivity index (χ0) is 9.68. The maximum Gasteiger partial charge on any atom is 0.105 e. The number of hydrogen-bond donors (Lipinski definition) is 0. The van der Waals surface area contributed by atoms with E-state index in [0.29, 0.717) is 0 Å². The summed E-state index contributed by atoms with van der Waals surface area (Å²) in [5, 5.41) is 1.23. The summed E-state index contributed by atoms with van der Waals surface area (Å²) in [6.45, 7) is 4.04. The second-order valence-electron chi connectivity index (χ2n) is 2.90. The van der Waals surface area contributed by atoms with Crippen LogP contribution < -0.4 is 0 Å². The first kappa shape index (κ1) is 10.8. The monoisotopic (exact) mass is 230 g/mol. The summed E-state index contributed by atoms with van der Waals surface area (Å²) >= 11 is 11.3. The lowest BCUT2D eigenvalue weighted by Gasteiger charge is -2.04. The van der Waals surface area contributed by atoms with Crippen LogP contribution in [-0.2, 0) is 0 Å². The normalized spacial score (nSPS) is 11.3. The van der Waals surface area contributed by atoms with Gasteiger partial charge in [-0.25, -0.2) is 0 Å². The Labute approximate surface area is 91.4 Å². The van der Waals surface area contributed by atoms with Crippen LogP contribution in [0.5, 0.6) is 0 Å². The minimum absolute atomic E-state index is 0.230. The van der Waals surface area contributed by atoms with Crippen LogP contribution >= 0.6 is 23.2 Å². The summed E-state index contributed by atoms with van der Waals surface area (Å²) in [6, 6.07) is 11.1. The molecule has 0 N–H and O–H groups in total. The molecule has 0 spiro atoms.